The summed E-state index contributed by atoms with van der Waals surface area (Å²) in [6.45, 7) is 2.02. The van der Waals surface area contributed by atoms with Crippen molar-refractivity contribution in [3.05, 3.63) is 0 Å². The number of carboxylic acid groups (broad SMARTS) is 1. The van der Waals surface area contributed by atoms with E-state index in [4.69, 9.17) is 5.11 Å². The van der Waals surface area contributed by atoms with Crippen molar-refractivity contribution < 1.29 is 9.90 Å². The molecule has 2 nitrogen and oxygen atoms in total. The summed E-state index contributed by atoms with van der Waals surface area (Å²) < 4.78 is 0. The molecule has 0 aromatic rings. The topological polar surface area (TPSA) is 37.3 Å². The first-order valence-electron chi connectivity index (χ1n) is 8.73. The molecule has 0 saturated carbocycles. The van der Waals surface area contributed by atoms with Gasteiger partial charge >= 0.3 is 5.97 Å². The van der Waals surface area contributed by atoms with Crippen LogP contribution in [-0.4, -0.2) is 11.1 Å². The van der Waals surface area contributed by atoms with Crippen LogP contribution in [0.25, 0.3) is 0 Å². The van der Waals surface area contributed by atoms with Crippen LogP contribution in [0.5, 0.6) is 0 Å². The molecule has 132 valence electrons. The minimum atomic E-state index is -0.752. The Kier molecular flexibility index (Phi) is 17.5. The molecule has 0 aliphatic carbocycles. The molecule has 0 saturated heterocycles. The van der Waals surface area contributed by atoms with Crippen LogP contribution in [0.1, 0.15) is 71.1 Å². The maximum absolute atomic E-state index is 10.3. The van der Waals surface area contributed by atoms with Crippen LogP contribution < -0.4 is 0 Å². The average Bonchev–Trinajstić information content (AvgIpc) is 2.62. The second-order valence-corrected chi connectivity index (χ2v) is 4.96. The van der Waals surface area contributed by atoms with Gasteiger partial charge in [-0.25, -0.2) is 0 Å². The fourth-order valence-corrected chi connectivity index (χ4v) is 1.55. The van der Waals surface area contributed by atoms with Crippen molar-refractivity contribution in [1.82, 2.24) is 0 Å². The molecule has 2 heteroatoms. The van der Waals surface area contributed by atoms with Crippen molar-refractivity contribution in [2.75, 3.05) is 0 Å². The number of hydrogen-bond acceptors (Lipinski definition) is 1. The Morgan fingerprint density at radius 1 is 0.615 bits per heavy atom. The summed E-state index contributed by atoms with van der Waals surface area (Å²) in [6, 6.07) is 0. The summed E-state index contributed by atoms with van der Waals surface area (Å²) in [5.41, 5.74) is 0. The van der Waals surface area contributed by atoms with Gasteiger partial charge in [0.25, 0.3) is 0 Å². The highest BCUT2D eigenvalue weighted by atomic mass is 16.4. The van der Waals surface area contributed by atoms with Gasteiger partial charge in [-0.2, -0.15) is 0 Å². The highest BCUT2D eigenvalue weighted by Crippen LogP contribution is 1.98. The molecule has 0 aliphatic heterocycles. The molecule has 26 heavy (non-hydrogen) atoms. The van der Waals surface area contributed by atoms with Crippen molar-refractivity contribution in [3.63, 3.8) is 0 Å². The third kappa shape index (κ3) is 20.8. The first kappa shape index (κ1) is 22.8. The Hall–Kier alpha value is -3.17. The molecule has 0 spiro atoms. The molecule has 0 fully saturated rings. The van der Waals surface area contributed by atoms with Crippen LogP contribution in [0.2, 0.25) is 0 Å². The summed E-state index contributed by atoms with van der Waals surface area (Å²) >= 11 is 0. The molecule has 0 aliphatic rings. The van der Waals surface area contributed by atoms with Crippen molar-refractivity contribution in [1.29, 1.82) is 0 Å². The number of rotatable bonds is 4. The molecular formula is C24H24O2. The van der Waals surface area contributed by atoms with Gasteiger partial charge in [-0.3, -0.25) is 4.79 Å². The van der Waals surface area contributed by atoms with E-state index < -0.39 is 5.97 Å². The second-order valence-electron chi connectivity index (χ2n) is 4.96. The SMILES string of the molecule is CCC#CCC#CCC#CCC#CCC#CCC#CCCCCC(=O)O. The van der Waals surface area contributed by atoms with Crippen LogP contribution in [0.15, 0.2) is 0 Å². The maximum atomic E-state index is 10.3. The third-order valence-corrected chi connectivity index (χ3v) is 2.75. The Morgan fingerprint density at radius 2 is 1.00 bits per heavy atom. The van der Waals surface area contributed by atoms with Crippen molar-refractivity contribution in [2.24, 2.45) is 0 Å². The van der Waals surface area contributed by atoms with Crippen molar-refractivity contribution >= 4 is 5.97 Å². The van der Waals surface area contributed by atoms with Gasteiger partial charge in [0.05, 0.1) is 32.1 Å². The van der Waals surface area contributed by atoms with Gasteiger partial charge < -0.3 is 5.11 Å². The summed E-state index contributed by atoms with van der Waals surface area (Å²) in [5, 5.41) is 8.49. The Bertz CT molecular complexity index is 779. The maximum Gasteiger partial charge on any atom is 0.303 e. The normalized spacial score (nSPS) is 7.42. The molecule has 0 bridgehead atoms. The van der Waals surface area contributed by atoms with Crippen LogP contribution in [0.3, 0.4) is 0 Å². The lowest BCUT2D eigenvalue weighted by molar-refractivity contribution is -0.137. The van der Waals surface area contributed by atoms with E-state index in [2.05, 4.69) is 71.0 Å². The summed E-state index contributed by atoms with van der Waals surface area (Å²) in [4.78, 5) is 10.3. The fourth-order valence-electron chi connectivity index (χ4n) is 1.55. The smallest absolute Gasteiger partial charge is 0.303 e. The molecular weight excluding hydrogens is 320 g/mol. The number of unbranched alkanes of at least 4 members (excludes halogenated alkanes) is 2. The Morgan fingerprint density at radius 3 is 1.38 bits per heavy atom. The molecule has 0 aromatic heterocycles. The predicted molar refractivity (Wildman–Crippen MR) is 106 cm³/mol. The molecule has 0 rings (SSSR count). The molecule has 0 aromatic carbocycles. The lowest BCUT2D eigenvalue weighted by Gasteiger charge is -1.90. The summed E-state index contributed by atoms with van der Waals surface area (Å²) in [7, 11) is 0. The quantitative estimate of drug-likeness (QED) is 0.618. The van der Waals surface area contributed by atoms with E-state index in [0.717, 1.165) is 19.3 Å². The van der Waals surface area contributed by atoms with E-state index in [9.17, 15) is 4.79 Å². The first-order valence-corrected chi connectivity index (χ1v) is 8.73. The number of carboxylic acids is 1. The minimum Gasteiger partial charge on any atom is -0.481 e. The highest BCUT2D eigenvalue weighted by molar-refractivity contribution is 5.66. The summed E-state index contributed by atoms with van der Waals surface area (Å²) in [6.07, 6.45) is 6.07. The Balaban J connectivity index is 3.69. The lowest BCUT2D eigenvalue weighted by Crippen LogP contribution is -1.92. The van der Waals surface area contributed by atoms with Gasteiger partial charge in [-0.05, 0) is 12.8 Å². The first-order chi connectivity index (χ1) is 12.8. The van der Waals surface area contributed by atoms with E-state index in [-0.39, 0.29) is 6.42 Å². The summed E-state index contributed by atoms with van der Waals surface area (Å²) in [5.74, 6) is 34.8. The number of aliphatic carboxylic acids is 1. The van der Waals surface area contributed by atoms with E-state index in [1.165, 1.54) is 0 Å². The zero-order valence-corrected chi connectivity index (χ0v) is 15.4. The van der Waals surface area contributed by atoms with Crippen LogP contribution in [-0.2, 0) is 4.79 Å². The van der Waals surface area contributed by atoms with Gasteiger partial charge in [-0.1, -0.05) is 66.1 Å². The van der Waals surface area contributed by atoms with E-state index >= 15 is 0 Å². The van der Waals surface area contributed by atoms with Gasteiger partial charge in [0.15, 0.2) is 0 Å². The van der Waals surface area contributed by atoms with Crippen molar-refractivity contribution in [2.45, 2.75) is 71.1 Å². The standard InChI is InChI=1S/C24H24O2/c1-2-3-4-5-6-7-8-9-10-11-12-13-14-15-16-17-18-19-20-21-22-23-24(25)26/h2,5,8,11,14,17,20-23H2,1H3,(H,25,26). The average molecular weight is 344 g/mol. The molecule has 0 unspecified atom stereocenters. The molecule has 0 amide bonds. The lowest BCUT2D eigenvalue weighted by atomic mass is 10.2. The molecule has 1 N–H and O–H groups in total. The van der Waals surface area contributed by atoms with Crippen LogP contribution in [0.4, 0.5) is 0 Å². The van der Waals surface area contributed by atoms with Crippen LogP contribution in [0, 0.1) is 71.0 Å². The van der Waals surface area contributed by atoms with Gasteiger partial charge in [0.1, 0.15) is 0 Å². The zero-order valence-electron chi connectivity index (χ0n) is 15.4. The van der Waals surface area contributed by atoms with E-state index in [1.807, 2.05) is 6.92 Å². The van der Waals surface area contributed by atoms with E-state index in [0.29, 0.717) is 38.5 Å². The van der Waals surface area contributed by atoms with Crippen molar-refractivity contribution in [3.8, 4) is 71.0 Å². The third-order valence-electron chi connectivity index (χ3n) is 2.75. The van der Waals surface area contributed by atoms with E-state index in [1.54, 1.807) is 0 Å². The predicted octanol–water partition coefficient (Wildman–Crippen LogP) is 4.01. The van der Waals surface area contributed by atoms with Gasteiger partial charge in [-0.15, -0.1) is 11.8 Å². The molecule has 0 radical (unpaired) electrons. The second kappa shape index (κ2) is 19.9. The minimum absolute atomic E-state index is 0.214. The molecule has 0 heterocycles. The van der Waals surface area contributed by atoms with Crippen LogP contribution >= 0.6 is 0 Å². The Labute approximate surface area is 158 Å². The molecule has 0 atom stereocenters. The largest absolute Gasteiger partial charge is 0.481 e. The monoisotopic (exact) mass is 344 g/mol. The number of carbonyl (C=O) groups is 1. The highest BCUT2D eigenvalue weighted by Gasteiger charge is 1.93. The fraction of sp³-hybridized carbons (Fsp3) is 0.458. The van der Waals surface area contributed by atoms with Gasteiger partial charge in [0, 0.05) is 19.3 Å². The number of hydrogen-bond donors (Lipinski definition) is 1. The van der Waals surface area contributed by atoms with Gasteiger partial charge in [0.2, 0.25) is 0 Å². The zero-order chi connectivity index (χ0) is 19.1.